The fourth-order valence-electron chi connectivity index (χ4n) is 2.88. The molecule has 24 heteroatoms. The number of hydrogen-bond donors (Lipinski definition) is 0. The van der Waals surface area contributed by atoms with E-state index < -0.39 is 120 Å². The minimum Gasteiger partial charge on any atom is -0.747 e. The molecule has 2 rings (SSSR count). The van der Waals surface area contributed by atoms with E-state index in [1.807, 2.05) is 0 Å². The normalized spacial score (nSPS) is 18.2. The Morgan fingerprint density at radius 1 is 0.762 bits per heavy atom. The van der Waals surface area contributed by atoms with Crippen LogP contribution in [0.4, 0.5) is 0 Å². The predicted molar refractivity (Wildman–Crippen MR) is 113 cm³/mol. The second-order valence-corrected chi connectivity index (χ2v) is 9.98. The van der Waals surface area contributed by atoms with Crippen LogP contribution in [0, 0.1) is 0 Å². The van der Waals surface area contributed by atoms with E-state index in [0.717, 1.165) is 0 Å². The van der Waals surface area contributed by atoms with E-state index in [9.17, 15) is 56.6 Å². The maximum Gasteiger partial charge on any atom is 1.00 e. The summed E-state index contributed by atoms with van der Waals surface area (Å²) in [5, 5.41) is 9.46. The van der Waals surface area contributed by atoms with E-state index in [1.54, 1.807) is 0 Å². The van der Waals surface area contributed by atoms with Gasteiger partial charge in [-0.2, -0.15) is 4.33 Å². The van der Waals surface area contributed by atoms with Gasteiger partial charge in [0.1, 0.15) is 33.8 Å². The van der Waals surface area contributed by atoms with E-state index in [4.69, 9.17) is 4.74 Å². The fraction of sp³-hybridized carbons (Fsp3) is 0.556. The van der Waals surface area contributed by atoms with Crippen LogP contribution in [0.25, 0.3) is 0 Å². The number of amides is 4. The molecule has 4 amide bonds. The van der Waals surface area contributed by atoms with Crippen molar-refractivity contribution in [3.63, 3.8) is 0 Å². The average Bonchev–Trinajstić information content (AvgIpc) is 3.32. The number of imide groups is 2. The molecule has 0 N–H and O–H groups in total. The number of rotatable bonds is 15. The second-order valence-electron chi connectivity index (χ2n) is 7.53. The van der Waals surface area contributed by atoms with Gasteiger partial charge in [-0.3, -0.25) is 33.8 Å². The van der Waals surface area contributed by atoms with Crippen molar-refractivity contribution in [2.75, 3.05) is 13.2 Å². The molecule has 0 spiro atoms. The van der Waals surface area contributed by atoms with Gasteiger partial charge in [-0.25, -0.2) is 18.0 Å². The molecule has 2 fully saturated rings. The van der Waals surface area contributed by atoms with Crippen LogP contribution in [0.5, 0.6) is 0 Å². The van der Waals surface area contributed by atoms with Crippen LogP contribution in [-0.4, -0.2) is 94.3 Å². The Morgan fingerprint density at radius 3 is 1.62 bits per heavy atom. The summed E-state index contributed by atoms with van der Waals surface area (Å²) >= 11 is 0.245. The number of hydroxylamine groups is 4. The topological polar surface area (TPSA) is 279 Å². The summed E-state index contributed by atoms with van der Waals surface area (Å²) < 4.78 is 46.2. The van der Waals surface area contributed by atoms with Gasteiger partial charge in [-0.05, 0) is 0 Å². The molecule has 0 aromatic rings. The predicted octanol–water partition coefficient (Wildman–Crippen LogP) is -9.77. The van der Waals surface area contributed by atoms with Crippen LogP contribution < -0.4 is 64.4 Å². The standard InChI is InChI=1S/C18H20N2O18S2.2Na/c21-11-7-9(39-38-37-29)17(27)19(11)35-15(25)3-1-13(23)33-5-6-34-14(24)2-4-16(26)36-20-12(22)8-10(18(20)28)40(30,31)32;;/h9-10,29H,1-8H2,(H,30,31,32);;/q;2*+1/p-2. The Hall–Kier alpha value is -1.70. The molecule has 2 aliphatic rings. The molecule has 222 valence electrons. The fourth-order valence-corrected chi connectivity index (χ4v) is 4.08. The third kappa shape index (κ3) is 12.5. The van der Waals surface area contributed by atoms with Crippen molar-refractivity contribution in [1.29, 1.82) is 0 Å². The monoisotopic (exact) mass is 660 g/mol. The van der Waals surface area contributed by atoms with E-state index >= 15 is 0 Å². The maximum atomic E-state index is 11.9. The van der Waals surface area contributed by atoms with Crippen LogP contribution >= 0.6 is 12.0 Å². The summed E-state index contributed by atoms with van der Waals surface area (Å²) in [6.07, 6.45) is -3.88. The smallest absolute Gasteiger partial charge is 0.747 e. The van der Waals surface area contributed by atoms with E-state index in [1.165, 1.54) is 0 Å². The molecule has 42 heavy (non-hydrogen) atoms. The first-order valence-corrected chi connectivity index (χ1v) is 13.0. The van der Waals surface area contributed by atoms with E-state index in [-0.39, 0.29) is 81.3 Å². The first kappa shape index (κ1) is 40.3. The van der Waals surface area contributed by atoms with Crippen LogP contribution in [0.3, 0.4) is 0 Å². The number of hydrogen-bond acceptors (Lipinski definition) is 19. The average molecular weight is 660 g/mol. The molecule has 2 unspecified atom stereocenters. The van der Waals surface area contributed by atoms with Gasteiger partial charge in [0.25, 0.3) is 23.6 Å². The van der Waals surface area contributed by atoms with Crippen molar-refractivity contribution in [2.45, 2.75) is 49.0 Å². The molecule has 2 saturated heterocycles. The van der Waals surface area contributed by atoms with Gasteiger partial charge in [0.05, 0.1) is 38.5 Å². The summed E-state index contributed by atoms with van der Waals surface area (Å²) in [5.74, 6) is -8.99. The first-order valence-electron chi connectivity index (χ1n) is 10.8. The number of carbonyl (C=O) groups is 8. The Balaban J connectivity index is 0.00000840. The van der Waals surface area contributed by atoms with Gasteiger partial charge in [0.2, 0.25) is 0 Å². The Labute approximate surface area is 284 Å². The maximum absolute atomic E-state index is 11.9. The van der Waals surface area contributed by atoms with Crippen molar-refractivity contribution in [3.05, 3.63) is 0 Å². The number of nitrogens with zero attached hydrogens (tertiary/aromatic N) is 2. The van der Waals surface area contributed by atoms with Crippen molar-refractivity contribution < 1.29 is 144 Å². The van der Waals surface area contributed by atoms with Gasteiger partial charge in [-0.1, -0.05) is 0 Å². The van der Waals surface area contributed by atoms with Gasteiger partial charge in [-0.15, -0.1) is 10.1 Å². The number of esters is 2. The molecule has 0 bridgehead atoms. The molecular weight excluding hydrogens is 642 g/mol. The molecular formula is C18H18N2Na2O18S2. The van der Waals surface area contributed by atoms with Crippen LogP contribution in [-0.2, 0) is 77.0 Å². The molecule has 2 aliphatic heterocycles. The number of ether oxygens (including phenoxy) is 2. The molecule has 0 saturated carbocycles. The quantitative estimate of drug-likeness (QED) is 0.0230. The van der Waals surface area contributed by atoms with Crippen molar-refractivity contribution >= 4 is 69.7 Å². The summed E-state index contributed by atoms with van der Waals surface area (Å²) in [6.45, 7) is -0.934. The van der Waals surface area contributed by atoms with Crippen molar-refractivity contribution in [3.8, 4) is 0 Å². The largest absolute Gasteiger partial charge is 1.00 e. The third-order valence-corrected chi connectivity index (χ3v) is 6.52. The SMILES string of the molecule is O=C(CCC(=O)ON1C(=O)CC(SOO[O-])C1=O)OCCOC(=O)CCC(=O)ON1C(=O)CC(S(=O)(=O)[O-])C1=O.[Na+].[Na+]. The van der Waals surface area contributed by atoms with Gasteiger partial charge >= 0.3 is 83.0 Å². The molecule has 20 nitrogen and oxygen atoms in total. The molecule has 0 aromatic heterocycles. The third-order valence-electron chi connectivity index (χ3n) is 4.72. The van der Waals surface area contributed by atoms with Gasteiger partial charge in [0.15, 0.2) is 0 Å². The summed E-state index contributed by atoms with van der Waals surface area (Å²) in [5.41, 5.74) is 0. The minimum atomic E-state index is -5.15. The summed E-state index contributed by atoms with van der Waals surface area (Å²) in [4.78, 5) is 103. The summed E-state index contributed by atoms with van der Waals surface area (Å²) in [7, 11) is -5.15. The zero-order valence-electron chi connectivity index (χ0n) is 21.9. The van der Waals surface area contributed by atoms with Crippen LogP contribution in [0.1, 0.15) is 38.5 Å². The molecule has 0 radical (unpaired) electrons. The zero-order chi connectivity index (χ0) is 30.0. The number of carbonyl (C=O) groups excluding carboxylic acids is 8. The Kier molecular flexibility index (Phi) is 18.1. The summed E-state index contributed by atoms with van der Waals surface area (Å²) in [6, 6.07) is 0. The molecule has 2 heterocycles. The van der Waals surface area contributed by atoms with Crippen LogP contribution in [0.15, 0.2) is 0 Å². The minimum absolute atomic E-state index is 0. The Morgan fingerprint density at radius 2 is 1.19 bits per heavy atom. The van der Waals surface area contributed by atoms with E-state index in [2.05, 4.69) is 23.8 Å². The van der Waals surface area contributed by atoms with Crippen molar-refractivity contribution in [2.24, 2.45) is 0 Å². The Bertz CT molecular complexity index is 1180. The van der Waals surface area contributed by atoms with Gasteiger partial charge in [0, 0.05) is 12.0 Å². The van der Waals surface area contributed by atoms with Crippen molar-refractivity contribution in [1.82, 2.24) is 10.1 Å². The molecule has 2 atom stereocenters. The molecule has 0 aliphatic carbocycles. The zero-order valence-corrected chi connectivity index (χ0v) is 27.5. The van der Waals surface area contributed by atoms with Gasteiger partial charge < -0.3 is 29.0 Å². The first-order chi connectivity index (χ1) is 18.7. The van der Waals surface area contributed by atoms with Crippen LogP contribution in [0.2, 0.25) is 0 Å². The molecule has 0 aromatic carbocycles. The second kappa shape index (κ2) is 18.9. The van der Waals surface area contributed by atoms with E-state index in [0.29, 0.717) is 0 Å².